The number of rotatable bonds is 12. The van der Waals surface area contributed by atoms with Crippen LogP contribution in [-0.2, 0) is 9.59 Å². The zero-order chi connectivity index (χ0) is 18.3. The second kappa shape index (κ2) is 14.9. The van der Waals surface area contributed by atoms with Crippen LogP contribution in [0.25, 0.3) is 0 Å². The van der Waals surface area contributed by atoms with Crippen molar-refractivity contribution in [3.63, 3.8) is 0 Å². The summed E-state index contributed by atoms with van der Waals surface area (Å²) in [5.41, 5.74) is 0. The van der Waals surface area contributed by atoms with E-state index in [0.29, 0.717) is 12.8 Å². The van der Waals surface area contributed by atoms with Gasteiger partial charge in [-0.3, -0.25) is 14.9 Å². The summed E-state index contributed by atoms with van der Waals surface area (Å²) in [5.74, 6) is -0.296. The minimum atomic E-state index is -0.562. The van der Waals surface area contributed by atoms with Crippen molar-refractivity contribution in [1.29, 1.82) is 0 Å². The third kappa shape index (κ3) is 11.2. The zero-order valence-corrected chi connectivity index (χ0v) is 17.6. The van der Waals surface area contributed by atoms with Crippen LogP contribution in [0.4, 0.5) is 0 Å². The summed E-state index contributed by atoms with van der Waals surface area (Å²) in [7, 11) is -0.562. The van der Waals surface area contributed by atoms with Gasteiger partial charge in [-0.05, 0) is 25.7 Å². The average Bonchev–Trinajstić information content (AvgIpc) is 2.97. The van der Waals surface area contributed by atoms with Crippen molar-refractivity contribution in [3.05, 3.63) is 0 Å². The molecule has 0 bridgehead atoms. The first-order valence-corrected chi connectivity index (χ1v) is 12.7. The Hall–Kier alpha value is -0.430. The number of hydrogen-bond donors (Lipinski definition) is 1. The molecule has 0 unspecified atom stereocenters. The Morgan fingerprint density at radius 1 is 0.667 bits per heavy atom. The van der Waals surface area contributed by atoms with Crippen LogP contribution in [0.3, 0.4) is 0 Å². The van der Waals surface area contributed by atoms with Crippen LogP contribution in [0, 0.1) is 0 Å². The summed E-state index contributed by atoms with van der Waals surface area (Å²) in [4.78, 5) is 20.2. The van der Waals surface area contributed by atoms with Crippen LogP contribution in [0.2, 0.25) is 0 Å². The number of unbranched alkanes of at least 4 members (excludes halogenated alkanes) is 4. The van der Waals surface area contributed by atoms with E-state index in [4.69, 9.17) is 0 Å². The predicted molar refractivity (Wildman–Crippen MR) is 108 cm³/mol. The van der Waals surface area contributed by atoms with Crippen LogP contribution in [-0.4, -0.2) is 36.5 Å². The summed E-state index contributed by atoms with van der Waals surface area (Å²) in [6.07, 6.45) is 18.7. The number of hydrogen-bond acceptors (Lipinski definition) is 2. The Morgan fingerprint density at radius 3 is 1.12 bits per heavy atom. The largest absolute Gasteiger partial charge is 0.296 e. The van der Waals surface area contributed by atoms with Gasteiger partial charge in [0.2, 0.25) is 11.8 Å². The molecule has 0 aromatic carbocycles. The van der Waals surface area contributed by atoms with Crippen molar-refractivity contribution in [1.82, 2.24) is 5.32 Å². The molecule has 0 saturated carbocycles. The van der Waals surface area contributed by atoms with Crippen molar-refractivity contribution in [2.45, 2.75) is 91.9 Å². The minimum Gasteiger partial charge on any atom is -0.296 e. The van der Waals surface area contributed by atoms with Crippen LogP contribution in [0.1, 0.15) is 91.9 Å². The van der Waals surface area contributed by atoms with Crippen LogP contribution in [0.15, 0.2) is 0 Å². The molecule has 1 aliphatic heterocycles. The molecule has 2 amide bonds. The van der Waals surface area contributed by atoms with Crippen molar-refractivity contribution in [2.24, 2.45) is 0 Å². The molecule has 1 saturated heterocycles. The highest BCUT2D eigenvalue weighted by atomic mass is 31.2. The Labute approximate surface area is 151 Å². The van der Waals surface area contributed by atoms with Crippen molar-refractivity contribution in [3.8, 4) is 0 Å². The van der Waals surface area contributed by atoms with Gasteiger partial charge in [0.15, 0.2) is 0 Å². The second-order valence-corrected chi connectivity index (χ2v) is 11.6. The maximum atomic E-state index is 10.1. The number of amides is 2. The SMILES string of the molecule is CCCC[P+](CCCC)(CCCC)CCCC.O=C1CCC(=O)N1. The van der Waals surface area contributed by atoms with Crippen molar-refractivity contribution >= 4 is 19.1 Å². The monoisotopic (exact) mass is 358 g/mol. The van der Waals surface area contributed by atoms with E-state index in [2.05, 4.69) is 33.0 Å². The maximum absolute atomic E-state index is 10.1. The quantitative estimate of drug-likeness (QED) is 0.363. The highest BCUT2D eigenvalue weighted by Gasteiger charge is 2.34. The zero-order valence-electron chi connectivity index (χ0n) is 16.7. The highest BCUT2D eigenvalue weighted by molar-refractivity contribution is 7.75. The van der Waals surface area contributed by atoms with E-state index in [-0.39, 0.29) is 11.8 Å². The van der Waals surface area contributed by atoms with E-state index in [0.717, 1.165) is 0 Å². The molecule has 0 aliphatic carbocycles. The molecule has 1 fully saturated rings. The van der Waals surface area contributed by atoms with E-state index < -0.39 is 7.26 Å². The van der Waals surface area contributed by atoms with E-state index in [1.54, 1.807) is 24.6 Å². The van der Waals surface area contributed by atoms with Crippen LogP contribution in [0.5, 0.6) is 0 Å². The van der Waals surface area contributed by atoms with Gasteiger partial charge in [-0.2, -0.15) is 0 Å². The van der Waals surface area contributed by atoms with Gasteiger partial charge in [-0.1, -0.05) is 53.4 Å². The lowest BCUT2D eigenvalue weighted by Gasteiger charge is -2.28. The summed E-state index contributed by atoms with van der Waals surface area (Å²) in [5, 5.41) is 2.14. The number of carbonyl (C=O) groups is 2. The first kappa shape index (κ1) is 23.6. The Kier molecular flexibility index (Phi) is 14.6. The number of carbonyl (C=O) groups excluding carboxylic acids is 2. The summed E-state index contributed by atoms with van der Waals surface area (Å²) in [6, 6.07) is 0. The Morgan fingerprint density at radius 2 is 0.958 bits per heavy atom. The van der Waals surface area contributed by atoms with Gasteiger partial charge in [0.1, 0.15) is 0 Å². The third-order valence-corrected chi connectivity index (χ3v) is 9.86. The van der Waals surface area contributed by atoms with E-state index in [1.807, 2.05) is 0 Å². The molecule has 1 rings (SSSR count). The topological polar surface area (TPSA) is 46.2 Å². The summed E-state index contributed by atoms with van der Waals surface area (Å²) in [6.45, 7) is 9.42. The van der Waals surface area contributed by atoms with E-state index in [1.165, 1.54) is 51.4 Å². The van der Waals surface area contributed by atoms with Gasteiger partial charge in [-0.25, -0.2) is 0 Å². The standard InChI is InChI=1S/C16H36P.C4H5NO2/c1-5-9-13-17(14-10-6-2,15-11-7-3)16-12-8-4;6-3-1-2-4(7)5-3/h5-16H2,1-4H3;1-2H2,(H,5,6,7)/q+1;. The molecule has 3 nitrogen and oxygen atoms in total. The average molecular weight is 359 g/mol. The molecule has 0 aromatic rings. The van der Waals surface area contributed by atoms with E-state index >= 15 is 0 Å². The fraction of sp³-hybridized carbons (Fsp3) is 0.900. The number of nitrogens with one attached hydrogen (secondary N) is 1. The number of imide groups is 1. The fourth-order valence-electron chi connectivity index (χ4n) is 3.15. The van der Waals surface area contributed by atoms with Crippen LogP contribution >= 0.6 is 7.26 Å². The van der Waals surface area contributed by atoms with E-state index in [9.17, 15) is 9.59 Å². The smallest absolute Gasteiger partial charge is 0.227 e. The molecule has 1 aliphatic rings. The predicted octanol–water partition coefficient (Wildman–Crippen LogP) is 5.63. The lowest BCUT2D eigenvalue weighted by Crippen LogP contribution is -2.18. The lowest BCUT2D eigenvalue weighted by molar-refractivity contribution is -0.124. The molecular weight excluding hydrogens is 317 g/mol. The molecule has 0 aromatic heterocycles. The van der Waals surface area contributed by atoms with Gasteiger partial charge in [0, 0.05) is 20.1 Å². The van der Waals surface area contributed by atoms with Gasteiger partial charge in [-0.15, -0.1) is 0 Å². The van der Waals surface area contributed by atoms with Gasteiger partial charge < -0.3 is 0 Å². The molecule has 0 radical (unpaired) electrons. The Bertz CT molecular complexity index is 293. The normalized spacial score (nSPS) is 14.3. The lowest BCUT2D eigenvalue weighted by atomic mass is 10.4. The van der Waals surface area contributed by atoms with Gasteiger partial charge in [0.25, 0.3) is 0 Å². The van der Waals surface area contributed by atoms with Gasteiger partial charge >= 0.3 is 0 Å². The maximum Gasteiger partial charge on any atom is 0.227 e. The fourth-order valence-corrected chi connectivity index (χ4v) is 8.44. The van der Waals surface area contributed by atoms with Crippen molar-refractivity contribution < 1.29 is 9.59 Å². The molecule has 24 heavy (non-hydrogen) atoms. The summed E-state index contributed by atoms with van der Waals surface area (Å²) >= 11 is 0. The molecule has 142 valence electrons. The van der Waals surface area contributed by atoms with Crippen molar-refractivity contribution in [2.75, 3.05) is 24.6 Å². The minimum absolute atomic E-state index is 0.148. The first-order chi connectivity index (χ1) is 11.5. The highest BCUT2D eigenvalue weighted by Crippen LogP contribution is 2.61. The molecule has 0 spiro atoms. The molecular formula is C20H41NO2P+. The first-order valence-electron chi connectivity index (χ1n) is 10.2. The molecule has 1 heterocycles. The van der Waals surface area contributed by atoms with Crippen LogP contribution < -0.4 is 5.32 Å². The second-order valence-electron chi connectivity index (χ2n) is 7.12. The Balaban J connectivity index is 0.000000620. The van der Waals surface area contributed by atoms with Gasteiger partial charge in [0.05, 0.1) is 24.6 Å². The molecule has 0 atom stereocenters. The molecule has 4 heteroatoms. The third-order valence-electron chi connectivity index (χ3n) is 4.80. The molecule has 1 N–H and O–H groups in total. The summed E-state index contributed by atoms with van der Waals surface area (Å²) < 4.78 is 0.